The summed E-state index contributed by atoms with van der Waals surface area (Å²) in [4.78, 5) is 19.9. The molecule has 1 aromatic carbocycles. The van der Waals surface area contributed by atoms with E-state index in [4.69, 9.17) is 11.6 Å². The van der Waals surface area contributed by atoms with Gasteiger partial charge in [-0.25, -0.2) is 13.4 Å². The molecule has 3 aromatic rings. The molecule has 1 aliphatic heterocycles. The fourth-order valence-electron chi connectivity index (χ4n) is 3.43. The number of rotatable bonds is 5. The van der Waals surface area contributed by atoms with Crippen LogP contribution in [0.4, 0.5) is 5.69 Å². The van der Waals surface area contributed by atoms with Gasteiger partial charge in [0.15, 0.2) is 0 Å². The van der Waals surface area contributed by atoms with E-state index >= 15 is 0 Å². The number of hydrogen-bond acceptors (Lipinski definition) is 6. The molecular weight excluding hydrogens is 474 g/mol. The number of carbonyl (C=O) groups excluding carboxylic acids is 1. The first-order valence-electron chi connectivity index (χ1n) is 9.89. The normalized spacial score (nSPS) is 14.6. The molecule has 1 amide bonds. The van der Waals surface area contributed by atoms with Crippen LogP contribution >= 0.6 is 34.3 Å². The van der Waals surface area contributed by atoms with E-state index < -0.39 is 10.0 Å². The van der Waals surface area contributed by atoms with Crippen molar-refractivity contribution in [1.82, 2.24) is 9.88 Å². The lowest BCUT2D eigenvalue weighted by Gasteiger charge is -2.26. The summed E-state index contributed by atoms with van der Waals surface area (Å²) in [6, 6.07) is 6.66. The summed E-state index contributed by atoms with van der Waals surface area (Å²) in [5, 5.41) is 2.86. The Kier molecular flexibility index (Phi) is 6.39. The molecule has 0 unspecified atom stereocenters. The summed E-state index contributed by atoms with van der Waals surface area (Å²) in [6.45, 7) is 5.19. The van der Waals surface area contributed by atoms with E-state index in [2.05, 4.69) is 9.71 Å². The van der Waals surface area contributed by atoms with Gasteiger partial charge in [0.05, 0.1) is 11.4 Å². The first kappa shape index (κ1) is 22.3. The summed E-state index contributed by atoms with van der Waals surface area (Å²) in [6.07, 6.45) is 3.22. The molecule has 0 aliphatic carbocycles. The van der Waals surface area contributed by atoms with Crippen LogP contribution in [0.5, 0.6) is 0 Å². The van der Waals surface area contributed by atoms with Crippen LogP contribution in [-0.2, 0) is 10.0 Å². The molecule has 1 aliphatic rings. The highest BCUT2D eigenvalue weighted by Gasteiger charge is 2.25. The number of benzene rings is 1. The van der Waals surface area contributed by atoms with Gasteiger partial charge in [0.1, 0.15) is 14.1 Å². The monoisotopic (exact) mass is 495 g/mol. The van der Waals surface area contributed by atoms with E-state index in [0.29, 0.717) is 31.9 Å². The third-order valence-corrected chi connectivity index (χ3v) is 9.40. The van der Waals surface area contributed by atoms with Crippen LogP contribution in [0.1, 0.15) is 40.2 Å². The van der Waals surface area contributed by atoms with Gasteiger partial charge in [-0.15, -0.1) is 22.7 Å². The zero-order valence-corrected chi connectivity index (χ0v) is 20.3. The highest BCUT2D eigenvalue weighted by Crippen LogP contribution is 2.34. The summed E-state index contributed by atoms with van der Waals surface area (Å²) >= 11 is 8.44. The Hall–Kier alpha value is -1.94. The number of nitrogens with zero attached hydrogens (tertiary/aromatic N) is 2. The maximum absolute atomic E-state index is 12.9. The van der Waals surface area contributed by atoms with Crippen LogP contribution in [0.25, 0.3) is 10.6 Å². The van der Waals surface area contributed by atoms with Gasteiger partial charge in [0.2, 0.25) is 0 Å². The van der Waals surface area contributed by atoms with E-state index in [0.717, 1.165) is 49.3 Å². The quantitative estimate of drug-likeness (QED) is 0.502. The Morgan fingerprint density at radius 3 is 2.65 bits per heavy atom. The topological polar surface area (TPSA) is 79.4 Å². The molecule has 0 radical (unpaired) electrons. The van der Waals surface area contributed by atoms with Crippen molar-refractivity contribution in [3.63, 3.8) is 0 Å². The molecule has 0 saturated carbocycles. The van der Waals surface area contributed by atoms with Gasteiger partial charge in [-0.05, 0) is 56.9 Å². The second kappa shape index (κ2) is 8.90. The van der Waals surface area contributed by atoms with Crippen molar-refractivity contribution in [2.75, 3.05) is 17.8 Å². The van der Waals surface area contributed by atoms with Crippen LogP contribution < -0.4 is 4.72 Å². The highest BCUT2D eigenvalue weighted by molar-refractivity contribution is 7.94. The van der Waals surface area contributed by atoms with Crippen molar-refractivity contribution in [3.05, 3.63) is 50.8 Å². The number of amides is 1. The minimum atomic E-state index is -3.76. The van der Waals surface area contributed by atoms with Gasteiger partial charge in [0, 0.05) is 29.1 Å². The van der Waals surface area contributed by atoms with E-state index in [1.54, 1.807) is 29.6 Å². The SMILES string of the molecule is Cc1ccc(Cl)cc1NS(=O)(=O)c1cc(-c2nc(C)c(C(=O)N3CCCCC3)s2)cs1. The van der Waals surface area contributed by atoms with E-state index in [1.165, 1.54) is 11.3 Å². The summed E-state index contributed by atoms with van der Waals surface area (Å²) in [5.74, 6) is 0.0159. The number of thiophene rings is 1. The lowest BCUT2D eigenvalue weighted by Crippen LogP contribution is -2.35. The molecule has 164 valence electrons. The Labute approximate surface area is 194 Å². The second-order valence-electron chi connectivity index (χ2n) is 7.51. The molecule has 3 heterocycles. The van der Waals surface area contributed by atoms with Crippen LogP contribution in [0, 0.1) is 13.8 Å². The number of thiazole rings is 1. The van der Waals surface area contributed by atoms with Crippen molar-refractivity contribution < 1.29 is 13.2 Å². The number of anilines is 1. The first-order valence-corrected chi connectivity index (χ1v) is 13.4. The average molecular weight is 496 g/mol. The third kappa shape index (κ3) is 4.79. The van der Waals surface area contributed by atoms with Crippen LogP contribution in [0.2, 0.25) is 5.02 Å². The van der Waals surface area contributed by atoms with Crippen molar-refractivity contribution in [1.29, 1.82) is 0 Å². The standard InChI is InChI=1S/C21H22ClN3O3S3/c1-13-6-7-16(22)11-17(13)24-31(27,28)18-10-15(12-29-18)20-23-14(2)19(30-20)21(26)25-8-4-3-5-9-25/h6-7,10-12,24H,3-5,8-9H2,1-2H3. The highest BCUT2D eigenvalue weighted by atomic mass is 35.5. The number of hydrogen-bond donors (Lipinski definition) is 1. The summed E-state index contributed by atoms with van der Waals surface area (Å²) < 4.78 is 28.5. The van der Waals surface area contributed by atoms with Gasteiger partial charge in [0.25, 0.3) is 15.9 Å². The van der Waals surface area contributed by atoms with E-state index in [1.807, 2.05) is 18.7 Å². The van der Waals surface area contributed by atoms with Gasteiger partial charge >= 0.3 is 0 Å². The van der Waals surface area contributed by atoms with E-state index in [9.17, 15) is 13.2 Å². The number of aromatic nitrogens is 1. The molecule has 6 nitrogen and oxygen atoms in total. The summed E-state index contributed by atoms with van der Waals surface area (Å²) in [5.41, 5.74) is 2.60. The molecule has 4 rings (SSSR count). The number of halogens is 1. The zero-order chi connectivity index (χ0) is 22.2. The lowest BCUT2D eigenvalue weighted by atomic mass is 10.1. The number of carbonyl (C=O) groups is 1. The number of aryl methyl sites for hydroxylation is 2. The molecule has 31 heavy (non-hydrogen) atoms. The number of nitrogens with one attached hydrogen (secondary N) is 1. The molecule has 1 N–H and O–H groups in total. The molecule has 0 bridgehead atoms. The van der Waals surface area contributed by atoms with Gasteiger partial charge in [-0.2, -0.15) is 0 Å². The lowest BCUT2D eigenvalue weighted by molar-refractivity contribution is 0.0728. The zero-order valence-electron chi connectivity index (χ0n) is 17.1. The second-order valence-corrected chi connectivity index (χ2v) is 11.8. The smallest absolute Gasteiger partial charge is 0.271 e. The molecule has 1 fully saturated rings. The summed E-state index contributed by atoms with van der Waals surface area (Å²) in [7, 11) is -3.76. The van der Waals surface area contributed by atoms with Gasteiger partial charge in [-0.3, -0.25) is 9.52 Å². The molecule has 2 aromatic heterocycles. The predicted octanol–water partition coefficient (Wildman–Crippen LogP) is 5.57. The molecular formula is C21H22ClN3O3S3. The molecule has 0 atom stereocenters. The van der Waals surface area contributed by atoms with Gasteiger partial charge in [-0.1, -0.05) is 17.7 Å². The third-order valence-electron chi connectivity index (χ3n) is 5.17. The first-order chi connectivity index (χ1) is 14.7. The van der Waals surface area contributed by atoms with Crippen molar-refractivity contribution in [2.24, 2.45) is 0 Å². The minimum Gasteiger partial charge on any atom is -0.338 e. The fraction of sp³-hybridized carbons (Fsp3) is 0.333. The Bertz CT molecular complexity index is 1230. The number of likely N-dealkylation sites (tertiary alicyclic amines) is 1. The number of sulfonamides is 1. The van der Waals surface area contributed by atoms with Crippen molar-refractivity contribution in [2.45, 2.75) is 37.3 Å². The average Bonchev–Trinajstić information content (AvgIpc) is 3.38. The Morgan fingerprint density at radius 1 is 1.16 bits per heavy atom. The largest absolute Gasteiger partial charge is 0.338 e. The maximum Gasteiger partial charge on any atom is 0.271 e. The van der Waals surface area contributed by atoms with E-state index in [-0.39, 0.29) is 10.1 Å². The van der Waals surface area contributed by atoms with Crippen LogP contribution in [0.3, 0.4) is 0 Å². The maximum atomic E-state index is 12.9. The Morgan fingerprint density at radius 2 is 1.90 bits per heavy atom. The molecule has 0 spiro atoms. The predicted molar refractivity (Wildman–Crippen MR) is 127 cm³/mol. The van der Waals surface area contributed by atoms with Crippen LogP contribution in [-0.4, -0.2) is 37.3 Å². The molecule has 10 heteroatoms. The van der Waals surface area contributed by atoms with Crippen LogP contribution in [0.15, 0.2) is 33.9 Å². The number of piperidine rings is 1. The van der Waals surface area contributed by atoms with Crippen molar-refractivity contribution >= 4 is 55.9 Å². The minimum absolute atomic E-state index is 0.0159. The fourth-order valence-corrected chi connectivity index (χ4v) is 6.98. The molecule has 1 saturated heterocycles. The Balaban J connectivity index is 1.57. The van der Waals surface area contributed by atoms with Gasteiger partial charge < -0.3 is 4.90 Å². The van der Waals surface area contributed by atoms with Crippen molar-refractivity contribution in [3.8, 4) is 10.6 Å².